The average molecular weight is 240 g/mol. The lowest BCUT2D eigenvalue weighted by Gasteiger charge is -2.16. The highest BCUT2D eigenvalue weighted by Gasteiger charge is 2.22. The van der Waals surface area contributed by atoms with E-state index in [-0.39, 0.29) is 11.6 Å². The van der Waals surface area contributed by atoms with Crippen molar-refractivity contribution in [2.24, 2.45) is 11.7 Å². The van der Waals surface area contributed by atoms with Gasteiger partial charge in [-0.25, -0.2) is 8.78 Å². The minimum atomic E-state index is -0.376. The molecule has 4 heteroatoms. The van der Waals surface area contributed by atoms with Gasteiger partial charge in [-0.2, -0.15) is 0 Å². The number of benzene rings is 1. The SMILES string of the molecule is NCCC1CCN(Cc2cc(F)ccc2F)C1. The summed E-state index contributed by atoms with van der Waals surface area (Å²) >= 11 is 0. The van der Waals surface area contributed by atoms with Gasteiger partial charge in [-0.15, -0.1) is 0 Å². The molecule has 0 spiro atoms. The number of hydrogen-bond donors (Lipinski definition) is 1. The summed E-state index contributed by atoms with van der Waals surface area (Å²) < 4.78 is 26.5. The fraction of sp³-hybridized carbons (Fsp3) is 0.538. The Kier molecular flexibility index (Phi) is 4.07. The molecule has 2 rings (SSSR count). The highest BCUT2D eigenvalue weighted by Crippen LogP contribution is 2.22. The number of halogens is 2. The van der Waals surface area contributed by atoms with Crippen LogP contribution in [0.1, 0.15) is 18.4 Å². The number of hydrogen-bond acceptors (Lipinski definition) is 2. The molecule has 1 saturated heterocycles. The predicted molar refractivity (Wildman–Crippen MR) is 63.4 cm³/mol. The van der Waals surface area contributed by atoms with Crippen LogP contribution in [0.2, 0.25) is 0 Å². The van der Waals surface area contributed by atoms with Crippen LogP contribution < -0.4 is 5.73 Å². The summed E-state index contributed by atoms with van der Waals surface area (Å²) in [7, 11) is 0. The first kappa shape index (κ1) is 12.5. The molecule has 0 radical (unpaired) electrons. The summed E-state index contributed by atoms with van der Waals surface area (Å²) in [6.45, 7) is 3.07. The highest BCUT2D eigenvalue weighted by molar-refractivity contribution is 5.18. The summed E-state index contributed by atoms with van der Waals surface area (Å²) in [5, 5.41) is 0. The molecule has 1 aliphatic rings. The Bertz CT molecular complexity index is 382. The second-order valence-corrected chi connectivity index (χ2v) is 4.70. The average Bonchev–Trinajstić information content (AvgIpc) is 2.72. The van der Waals surface area contributed by atoms with Crippen molar-refractivity contribution in [3.8, 4) is 0 Å². The molecule has 1 aromatic rings. The molecular weight excluding hydrogens is 222 g/mol. The van der Waals surface area contributed by atoms with Crippen molar-refractivity contribution in [1.29, 1.82) is 0 Å². The fourth-order valence-corrected chi connectivity index (χ4v) is 2.43. The molecule has 0 amide bonds. The zero-order valence-corrected chi connectivity index (χ0v) is 9.83. The van der Waals surface area contributed by atoms with Crippen molar-refractivity contribution in [3.63, 3.8) is 0 Å². The van der Waals surface area contributed by atoms with Gasteiger partial charge in [0, 0.05) is 18.7 Å². The van der Waals surface area contributed by atoms with Crippen molar-refractivity contribution in [2.75, 3.05) is 19.6 Å². The Labute approximate surface area is 100 Å². The van der Waals surface area contributed by atoms with E-state index in [1.54, 1.807) is 0 Å². The van der Waals surface area contributed by atoms with E-state index in [1.807, 2.05) is 0 Å². The summed E-state index contributed by atoms with van der Waals surface area (Å²) in [6.07, 6.45) is 2.12. The molecular formula is C13H18F2N2. The molecule has 2 nitrogen and oxygen atoms in total. The Balaban J connectivity index is 1.95. The lowest BCUT2D eigenvalue weighted by Crippen LogP contribution is -2.21. The third-order valence-corrected chi connectivity index (χ3v) is 3.35. The normalized spacial score (nSPS) is 21.0. The first-order valence-electron chi connectivity index (χ1n) is 6.05. The molecule has 2 N–H and O–H groups in total. The van der Waals surface area contributed by atoms with Crippen molar-refractivity contribution in [2.45, 2.75) is 19.4 Å². The molecule has 1 atom stereocenters. The largest absolute Gasteiger partial charge is 0.330 e. The van der Waals surface area contributed by atoms with Gasteiger partial charge in [-0.05, 0) is 50.0 Å². The zero-order valence-electron chi connectivity index (χ0n) is 9.83. The minimum absolute atomic E-state index is 0.325. The molecule has 94 valence electrons. The van der Waals surface area contributed by atoms with Crippen LogP contribution in [0.5, 0.6) is 0 Å². The molecule has 1 aliphatic heterocycles. The van der Waals surface area contributed by atoms with Gasteiger partial charge in [0.15, 0.2) is 0 Å². The van der Waals surface area contributed by atoms with E-state index in [0.29, 0.717) is 24.6 Å². The first-order valence-corrected chi connectivity index (χ1v) is 6.05. The van der Waals surface area contributed by atoms with Gasteiger partial charge in [-0.3, -0.25) is 4.90 Å². The van der Waals surface area contributed by atoms with Gasteiger partial charge in [-0.1, -0.05) is 0 Å². The Hall–Kier alpha value is -1.00. The molecule has 0 bridgehead atoms. The van der Waals surface area contributed by atoms with Crippen LogP contribution in [0.25, 0.3) is 0 Å². The Morgan fingerprint density at radius 1 is 1.35 bits per heavy atom. The topological polar surface area (TPSA) is 29.3 Å². The van der Waals surface area contributed by atoms with Crippen LogP contribution in [0, 0.1) is 17.6 Å². The molecule has 1 heterocycles. The van der Waals surface area contributed by atoms with Gasteiger partial charge < -0.3 is 5.73 Å². The molecule has 0 aliphatic carbocycles. The number of nitrogens with two attached hydrogens (primary N) is 1. The molecule has 1 aromatic carbocycles. The van der Waals surface area contributed by atoms with Crippen LogP contribution in [0.15, 0.2) is 18.2 Å². The molecule has 0 aromatic heterocycles. The minimum Gasteiger partial charge on any atom is -0.330 e. The van der Waals surface area contributed by atoms with E-state index in [9.17, 15) is 8.78 Å². The van der Waals surface area contributed by atoms with E-state index in [4.69, 9.17) is 5.73 Å². The molecule has 0 saturated carbocycles. The maximum absolute atomic E-state index is 13.5. The van der Waals surface area contributed by atoms with E-state index < -0.39 is 0 Å². The summed E-state index contributed by atoms with van der Waals surface area (Å²) in [5.41, 5.74) is 5.97. The van der Waals surface area contributed by atoms with Crippen LogP contribution in [-0.4, -0.2) is 24.5 Å². The maximum Gasteiger partial charge on any atom is 0.127 e. The third-order valence-electron chi connectivity index (χ3n) is 3.35. The quantitative estimate of drug-likeness (QED) is 0.873. The van der Waals surface area contributed by atoms with Crippen LogP contribution in [0.4, 0.5) is 8.78 Å². The van der Waals surface area contributed by atoms with Crippen molar-refractivity contribution < 1.29 is 8.78 Å². The smallest absolute Gasteiger partial charge is 0.127 e. The van der Waals surface area contributed by atoms with E-state index >= 15 is 0 Å². The first-order chi connectivity index (χ1) is 8.19. The zero-order chi connectivity index (χ0) is 12.3. The van der Waals surface area contributed by atoms with Crippen LogP contribution in [0.3, 0.4) is 0 Å². The Morgan fingerprint density at radius 2 is 2.18 bits per heavy atom. The number of likely N-dealkylation sites (tertiary alicyclic amines) is 1. The van der Waals surface area contributed by atoms with Gasteiger partial charge in [0.25, 0.3) is 0 Å². The van der Waals surface area contributed by atoms with E-state index in [1.165, 1.54) is 12.1 Å². The van der Waals surface area contributed by atoms with Crippen molar-refractivity contribution >= 4 is 0 Å². The van der Waals surface area contributed by atoms with Crippen molar-refractivity contribution in [1.82, 2.24) is 4.90 Å². The van der Waals surface area contributed by atoms with E-state index in [2.05, 4.69) is 4.90 Å². The second-order valence-electron chi connectivity index (χ2n) is 4.70. The summed E-state index contributed by atoms with van der Waals surface area (Å²) in [4.78, 5) is 2.16. The molecule has 17 heavy (non-hydrogen) atoms. The second kappa shape index (κ2) is 5.56. The molecule has 1 fully saturated rings. The van der Waals surface area contributed by atoms with E-state index in [0.717, 1.165) is 32.0 Å². The van der Waals surface area contributed by atoms with Gasteiger partial charge in [0.2, 0.25) is 0 Å². The molecule has 1 unspecified atom stereocenters. The van der Waals surface area contributed by atoms with Gasteiger partial charge in [0.1, 0.15) is 11.6 Å². The van der Waals surface area contributed by atoms with Gasteiger partial charge in [0.05, 0.1) is 0 Å². The Morgan fingerprint density at radius 3 is 2.94 bits per heavy atom. The fourth-order valence-electron chi connectivity index (χ4n) is 2.43. The summed E-state index contributed by atoms with van der Waals surface area (Å²) in [6, 6.07) is 3.63. The number of rotatable bonds is 4. The van der Waals surface area contributed by atoms with Gasteiger partial charge >= 0.3 is 0 Å². The van der Waals surface area contributed by atoms with Crippen molar-refractivity contribution in [3.05, 3.63) is 35.4 Å². The predicted octanol–water partition coefficient (Wildman–Crippen LogP) is 2.14. The monoisotopic (exact) mass is 240 g/mol. The van der Waals surface area contributed by atoms with Crippen LogP contribution in [-0.2, 0) is 6.54 Å². The third kappa shape index (κ3) is 3.23. The lowest BCUT2D eigenvalue weighted by atomic mass is 10.1. The number of nitrogens with zero attached hydrogens (tertiary/aromatic N) is 1. The standard InChI is InChI=1S/C13H18F2N2/c14-12-1-2-13(15)11(7-12)9-17-6-4-10(8-17)3-5-16/h1-2,7,10H,3-6,8-9,16H2. The maximum atomic E-state index is 13.5. The lowest BCUT2D eigenvalue weighted by molar-refractivity contribution is 0.308. The van der Waals surface area contributed by atoms with Crippen LogP contribution >= 0.6 is 0 Å². The summed E-state index contributed by atoms with van der Waals surface area (Å²) in [5.74, 6) is -0.0931. The highest BCUT2D eigenvalue weighted by atomic mass is 19.1.